The monoisotopic (exact) mass is 1180 g/mol. The molecule has 9 rings (SSSR count). The average molecular weight is 1180 g/mol. The van der Waals surface area contributed by atoms with Crippen LogP contribution in [0.15, 0.2) is 78.9 Å². The lowest BCUT2D eigenvalue weighted by Crippen LogP contribution is -2.64. The Bertz CT molecular complexity index is 3180. The van der Waals surface area contributed by atoms with Gasteiger partial charge in [0.15, 0.2) is 0 Å². The summed E-state index contributed by atoms with van der Waals surface area (Å²) in [7, 11) is 1.40. The van der Waals surface area contributed by atoms with Crippen LogP contribution in [-0.4, -0.2) is 180 Å². The summed E-state index contributed by atoms with van der Waals surface area (Å²) in [6.07, 6.45) is -0.747. The zero-order valence-electron chi connectivity index (χ0n) is 49.3. The van der Waals surface area contributed by atoms with Crippen molar-refractivity contribution in [2.75, 3.05) is 88.3 Å². The molecule has 0 aromatic heterocycles. The normalized spacial score (nSPS) is 22.6. The van der Waals surface area contributed by atoms with E-state index in [1.807, 2.05) is 24.0 Å². The van der Waals surface area contributed by atoms with Crippen molar-refractivity contribution in [1.29, 1.82) is 0 Å². The highest BCUT2D eigenvalue weighted by Gasteiger charge is 2.49. The van der Waals surface area contributed by atoms with Gasteiger partial charge in [-0.05, 0) is 144 Å². The maximum Gasteiger partial charge on any atom is 0.410 e. The van der Waals surface area contributed by atoms with Crippen molar-refractivity contribution in [3.8, 4) is 0 Å². The molecule has 0 radical (unpaired) electrons. The summed E-state index contributed by atoms with van der Waals surface area (Å²) < 4.78 is 61.4. The minimum Gasteiger partial charge on any atom is -0.465 e. The highest BCUT2D eigenvalue weighted by Crippen LogP contribution is 2.44. The van der Waals surface area contributed by atoms with E-state index in [1.165, 1.54) is 42.0 Å². The Labute approximate surface area is 492 Å². The molecule has 20 nitrogen and oxygen atoms in total. The second-order valence-corrected chi connectivity index (χ2v) is 24.3. The average Bonchev–Trinajstić information content (AvgIpc) is 2.26. The van der Waals surface area contributed by atoms with E-state index in [-0.39, 0.29) is 81.0 Å². The van der Waals surface area contributed by atoms with Gasteiger partial charge in [-0.2, -0.15) is 0 Å². The second kappa shape index (κ2) is 25.5. The van der Waals surface area contributed by atoms with E-state index in [1.54, 1.807) is 69.9 Å². The van der Waals surface area contributed by atoms with Crippen LogP contribution in [0.4, 0.5) is 39.8 Å². The van der Waals surface area contributed by atoms with Gasteiger partial charge in [0.1, 0.15) is 46.9 Å². The van der Waals surface area contributed by atoms with Gasteiger partial charge in [0.05, 0.1) is 25.2 Å². The highest BCUT2D eigenvalue weighted by atomic mass is 19.1. The number of hydrogen-bond acceptors (Lipinski definition) is 12. The molecule has 7 atom stereocenters. The largest absolute Gasteiger partial charge is 0.465 e. The van der Waals surface area contributed by atoms with Crippen molar-refractivity contribution < 1.29 is 66.1 Å². The minimum atomic E-state index is -1.56. The molecule has 23 heteroatoms. The molecule has 0 saturated carbocycles. The Kier molecular flexibility index (Phi) is 18.6. The molecule has 5 heterocycles. The number of carbonyl (C=O) groups excluding carboxylic acids is 6. The summed E-state index contributed by atoms with van der Waals surface area (Å²) in [5.74, 6) is -6.25. The smallest absolute Gasteiger partial charge is 0.410 e. The fourth-order valence-electron chi connectivity index (χ4n) is 12.1. The van der Waals surface area contributed by atoms with Crippen LogP contribution in [0.3, 0.4) is 0 Å². The zero-order chi connectivity index (χ0) is 61.2. The quantitative estimate of drug-likeness (QED) is 0.0953. The summed E-state index contributed by atoms with van der Waals surface area (Å²) in [5, 5.41) is 18.4. The van der Waals surface area contributed by atoms with Crippen LogP contribution in [0.2, 0.25) is 0 Å². The van der Waals surface area contributed by atoms with Crippen molar-refractivity contribution in [2.45, 2.75) is 122 Å². The van der Waals surface area contributed by atoms with Gasteiger partial charge < -0.3 is 50.0 Å². The molecular formula is C62H76F3N9O11. The van der Waals surface area contributed by atoms with Crippen molar-refractivity contribution >= 4 is 58.8 Å². The number of carbonyl (C=O) groups is 7. The molecule has 5 aliphatic rings. The van der Waals surface area contributed by atoms with E-state index >= 15 is 23.2 Å². The van der Waals surface area contributed by atoms with Gasteiger partial charge >= 0.3 is 12.2 Å². The van der Waals surface area contributed by atoms with E-state index < -0.39 is 94.2 Å². The second-order valence-electron chi connectivity index (χ2n) is 24.3. The Morgan fingerprint density at radius 2 is 1.53 bits per heavy atom. The van der Waals surface area contributed by atoms with Gasteiger partial charge in [0, 0.05) is 89.0 Å². The lowest BCUT2D eigenvalue weighted by atomic mass is 9.82. The van der Waals surface area contributed by atoms with Crippen molar-refractivity contribution in [3.63, 3.8) is 0 Å². The predicted octanol–water partition coefficient (Wildman–Crippen LogP) is 6.90. The van der Waals surface area contributed by atoms with E-state index in [0.717, 1.165) is 34.2 Å². The number of rotatable bonds is 15. The number of fused-ring (bicyclic) bond motifs is 2. The molecule has 3 saturated heterocycles. The number of para-hydroxylation sites is 1. The summed E-state index contributed by atoms with van der Waals surface area (Å²) >= 11 is 0. The van der Waals surface area contributed by atoms with Crippen LogP contribution in [0.5, 0.6) is 0 Å². The number of nitrogens with zero attached hydrogens (tertiary/aromatic N) is 6. The van der Waals surface area contributed by atoms with E-state index in [4.69, 9.17) is 14.2 Å². The SMILES string of the molecule is C[C@@H]1COCCN1C[C@H]1CN(C(=O)O)[C@H](C)CN1CC(=O)N1C[C@@](C)(C(=O)Nc2ccc3c(c2)[C@@H](C(=O)Nc2c(F)cccc2F)N(C(=O)[C@@H](NC(=O)[C@H](C)N(C)C(=O)OC(C)(C)C)C2CCOCC2)C3)c2ccc(Cc3ccc(F)cc3)cc21. The number of amides is 7. The van der Waals surface area contributed by atoms with Gasteiger partial charge in [-0.3, -0.25) is 38.7 Å². The molecule has 456 valence electrons. The topological polar surface area (TPSA) is 223 Å². The number of ether oxygens (including phenoxy) is 3. The standard InChI is InChI=1S/C62H76F3N9O11/c1-36-29-71(45(32-72(36)59(80)81)31-70-22-25-84-34-37(70)2)33-51(75)74-35-62(7,47-19-14-40(27-50(47)74)26-39-12-16-43(63)17-13-39)58(79)66-44-18-15-42-30-73(54(46(42)28-44)56(77)68-53-48(64)10-9-11-49(53)65)57(78)52(41-20-23-83-24-21-41)67-55(76)38(3)69(8)60(82)85-61(4,5)6/h9-19,27-28,36-38,41,45,52,54H,20-26,29-35H2,1-8H3,(H,66,79)(H,67,76)(H,68,77)(H,80,81)/t36-,37-,38+,45+,52+,54+,62-/m1/s1. The molecule has 4 aromatic carbocycles. The van der Waals surface area contributed by atoms with E-state index in [9.17, 15) is 28.7 Å². The maximum absolute atomic E-state index is 15.3. The molecule has 3 fully saturated rings. The first kappa shape index (κ1) is 61.9. The molecule has 4 N–H and O–H groups in total. The molecule has 85 heavy (non-hydrogen) atoms. The lowest BCUT2D eigenvalue weighted by molar-refractivity contribution is -0.144. The van der Waals surface area contributed by atoms with E-state index in [0.29, 0.717) is 62.4 Å². The fraction of sp³-hybridized carbons (Fsp3) is 0.500. The van der Waals surface area contributed by atoms with Crippen LogP contribution in [0.25, 0.3) is 0 Å². The maximum atomic E-state index is 15.3. The number of morpholine rings is 1. The molecule has 0 unspecified atom stereocenters. The Morgan fingerprint density at radius 1 is 0.835 bits per heavy atom. The number of anilines is 3. The Hall–Kier alpha value is -7.60. The molecule has 0 spiro atoms. The van der Waals surface area contributed by atoms with Crippen LogP contribution in [0, 0.1) is 23.4 Å². The first-order chi connectivity index (χ1) is 40.3. The predicted molar refractivity (Wildman–Crippen MR) is 309 cm³/mol. The van der Waals surface area contributed by atoms with Gasteiger partial charge in [0.25, 0.3) is 5.91 Å². The van der Waals surface area contributed by atoms with Crippen LogP contribution >= 0.6 is 0 Å². The Morgan fingerprint density at radius 3 is 2.20 bits per heavy atom. The number of halogens is 3. The van der Waals surface area contributed by atoms with Gasteiger partial charge in [-0.1, -0.05) is 36.4 Å². The first-order valence-electron chi connectivity index (χ1n) is 28.9. The zero-order valence-corrected chi connectivity index (χ0v) is 49.3. The van der Waals surface area contributed by atoms with Crippen LogP contribution in [0.1, 0.15) is 95.2 Å². The number of carboxylic acid groups (broad SMARTS) is 1. The van der Waals surface area contributed by atoms with Crippen molar-refractivity contribution in [2.24, 2.45) is 5.92 Å². The summed E-state index contributed by atoms with van der Waals surface area (Å²) in [6, 6.07) is 14.8. The van der Waals surface area contributed by atoms with Crippen LogP contribution < -0.4 is 20.9 Å². The van der Waals surface area contributed by atoms with Crippen molar-refractivity contribution in [1.82, 2.24) is 29.8 Å². The number of benzene rings is 4. The number of hydrogen-bond donors (Lipinski definition) is 4. The molecular weight excluding hydrogens is 1100 g/mol. The van der Waals surface area contributed by atoms with Gasteiger partial charge in [-0.25, -0.2) is 22.8 Å². The minimum absolute atomic E-state index is 0.0665. The fourth-order valence-corrected chi connectivity index (χ4v) is 12.1. The summed E-state index contributed by atoms with van der Waals surface area (Å²) in [4.78, 5) is 110. The molecule has 0 bridgehead atoms. The third-order valence-corrected chi connectivity index (χ3v) is 17.1. The van der Waals surface area contributed by atoms with Gasteiger partial charge in [-0.15, -0.1) is 0 Å². The van der Waals surface area contributed by atoms with E-state index in [2.05, 4.69) is 20.9 Å². The highest BCUT2D eigenvalue weighted by molar-refractivity contribution is 6.07. The molecule has 0 aliphatic carbocycles. The number of piperazine rings is 1. The summed E-state index contributed by atoms with van der Waals surface area (Å²) in [6.45, 7) is 14.9. The third kappa shape index (κ3) is 13.7. The molecule has 4 aromatic rings. The lowest BCUT2D eigenvalue weighted by Gasteiger charge is -2.47. The van der Waals surface area contributed by atoms with Crippen LogP contribution in [-0.2, 0) is 56.6 Å². The Balaban J connectivity index is 1.02. The molecule has 5 aliphatic heterocycles. The summed E-state index contributed by atoms with van der Waals surface area (Å²) in [5.41, 5.74) is 0.433. The number of nitrogens with one attached hydrogen (secondary N) is 3. The molecule has 7 amide bonds. The third-order valence-electron chi connectivity index (χ3n) is 17.1. The number of likely N-dealkylation sites (N-methyl/N-ethyl adjacent to an activating group) is 1. The van der Waals surface area contributed by atoms with Crippen molar-refractivity contribution in [3.05, 3.63) is 124 Å². The van der Waals surface area contributed by atoms with Gasteiger partial charge in [0.2, 0.25) is 23.6 Å². The first-order valence-corrected chi connectivity index (χ1v) is 28.9.